The van der Waals surface area contributed by atoms with Crippen molar-refractivity contribution in [3.63, 3.8) is 0 Å². The number of halogens is 3. The predicted molar refractivity (Wildman–Crippen MR) is 144 cm³/mol. The molecule has 1 saturated carbocycles. The second-order valence-electron chi connectivity index (χ2n) is 12.7. The van der Waals surface area contributed by atoms with Crippen LogP contribution in [0.5, 0.6) is 0 Å². The minimum Gasteiger partial charge on any atom is -0.444 e. The number of Topliss-reactive ketones (excluding diaryl/α,β-unsaturated/α-hetero) is 1. The Labute approximate surface area is 240 Å². The van der Waals surface area contributed by atoms with Gasteiger partial charge < -0.3 is 25.4 Å². The molecule has 226 valence electrons. The van der Waals surface area contributed by atoms with E-state index in [9.17, 15) is 27.6 Å². The lowest BCUT2D eigenvalue weighted by Gasteiger charge is -2.29. The van der Waals surface area contributed by atoms with Gasteiger partial charge in [0.2, 0.25) is 0 Å². The molecule has 3 N–H and O–H groups in total. The van der Waals surface area contributed by atoms with Crippen LogP contribution in [0.3, 0.4) is 0 Å². The molecule has 2 amide bonds. The van der Waals surface area contributed by atoms with E-state index in [0.717, 1.165) is 12.8 Å². The van der Waals surface area contributed by atoms with Crippen LogP contribution in [0.1, 0.15) is 71.6 Å². The molecule has 2 aromatic rings. The molecule has 1 aromatic carbocycles. The first-order valence-electron chi connectivity index (χ1n) is 14.3. The molecule has 4 aliphatic rings. The van der Waals surface area contributed by atoms with Crippen molar-refractivity contribution in [3.8, 4) is 5.69 Å². The first-order chi connectivity index (χ1) is 19.8. The zero-order valence-corrected chi connectivity index (χ0v) is 23.5. The average molecular weight is 590 g/mol. The number of amides is 2. The van der Waals surface area contributed by atoms with Gasteiger partial charge in [0.15, 0.2) is 11.5 Å². The summed E-state index contributed by atoms with van der Waals surface area (Å²) in [5, 5.41) is 7.27. The van der Waals surface area contributed by atoms with Gasteiger partial charge in [-0.15, -0.1) is 0 Å². The van der Waals surface area contributed by atoms with E-state index >= 15 is 0 Å². The first-order valence-corrected chi connectivity index (χ1v) is 14.3. The number of alkyl halides is 3. The number of anilines is 1. The number of nitrogens with one attached hydrogen (secondary N) is 1. The number of benzene rings is 1. The SMILES string of the molecule is CC1(C)CC(=O)c2c(C(F)(F)F)nn(-c3ccc(C(N)=O)c(NC4C[C@@H]5CN(C(=O)O[C@H]6CCOC6)C[C@@H]5C4)c3)c2C1. The minimum absolute atomic E-state index is 0.00362. The molecular weight excluding hydrogens is 555 g/mol. The van der Waals surface area contributed by atoms with Gasteiger partial charge in [0, 0.05) is 37.7 Å². The molecule has 6 rings (SSSR count). The maximum Gasteiger partial charge on any atom is 0.435 e. The lowest BCUT2D eigenvalue weighted by Crippen LogP contribution is -2.34. The van der Waals surface area contributed by atoms with Gasteiger partial charge in [-0.25, -0.2) is 9.48 Å². The van der Waals surface area contributed by atoms with Crippen molar-refractivity contribution in [1.82, 2.24) is 14.7 Å². The molecule has 3 fully saturated rings. The summed E-state index contributed by atoms with van der Waals surface area (Å²) in [6.45, 7) is 5.83. The van der Waals surface area contributed by atoms with E-state index in [1.54, 1.807) is 11.0 Å². The molecule has 3 heterocycles. The van der Waals surface area contributed by atoms with Crippen molar-refractivity contribution in [3.05, 3.63) is 40.7 Å². The predicted octanol–water partition coefficient (Wildman–Crippen LogP) is 4.19. The Balaban J connectivity index is 1.23. The molecule has 0 bridgehead atoms. The molecule has 0 spiro atoms. The van der Waals surface area contributed by atoms with E-state index in [-0.39, 0.29) is 59.7 Å². The van der Waals surface area contributed by atoms with E-state index in [4.69, 9.17) is 15.2 Å². The Morgan fingerprint density at radius 3 is 2.50 bits per heavy atom. The lowest BCUT2D eigenvalue weighted by atomic mass is 9.75. The largest absolute Gasteiger partial charge is 0.444 e. The molecular formula is C29H34F3N5O5. The molecule has 2 aliphatic heterocycles. The van der Waals surface area contributed by atoms with Crippen molar-refractivity contribution >= 4 is 23.5 Å². The van der Waals surface area contributed by atoms with E-state index in [0.29, 0.717) is 44.1 Å². The third-order valence-corrected chi connectivity index (χ3v) is 8.85. The third-order valence-electron chi connectivity index (χ3n) is 8.85. The summed E-state index contributed by atoms with van der Waals surface area (Å²) >= 11 is 0. The average Bonchev–Trinajstić information content (AvgIpc) is 3.66. The highest BCUT2D eigenvalue weighted by molar-refractivity contribution is 6.00. The molecule has 1 aromatic heterocycles. The number of fused-ring (bicyclic) bond motifs is 2. The lowest BCUT2D eigenvalue weighted by molar-refractivity contribution is -0.141. The van der Waals surface area contributed by atoms with Crippen LogP contribution < -0.4 is 11.1 Å². The highest BCUT2D eigenvalue weighted by atomic mass is 19.4. The molecule has 42 heavy (non-hydrogen) atoms. The summed E-state index contributed by atoms with van der Waals surface area (Å²) in [6.07, 6.45) is -2.92. The Morgan fingerprint density at radius 2 is 1.88 bits per heavy atom. The summed E-state index contributed by atoms with van der Waals surface area (Å²) in [5.41, 5.74) is 4.62. The number of ketones is 1. The van der Waals surface area contributed by atoms with Gasteiger partial charge in [0.25, 0.3) is 5.91 Å². The van der Waals surface area contributed by atoms with Crippen molar-refractivity contribution in [2.45, 2.75) is 64.3 Å². The number of carbonyl (C=O) groups is 3. The van der Waals surface area contributed by atoms with Gasteiger partial charge in [0.1, 0.15) is 6.10 Å². The summed E-state index contributed by atoms with van der Waals surface area (Å²) in [7, 11) is 0. The number of hydrogen-bond acceptors (Lipinski definition) is 7. The fourth-order valence-electron chi connectivity index (χ4n) is 6.97. The van der Waals surface area contributed by atoms with Crippen LogP contribution in [-0.2, 0) is 22.1 Å². The zero-order chi connectivity index (χ0) is 30.0. The van der Waals surface area contributed by atoms with E-state index in [2.05, 4.69) is 10.4 Å². The summed E-state index contributed by atoms with van der Waals surface area (Å²) in [5.74, 6) is -0.771. The van der Waals surface area contributed by atoms with Crippen molar-refractivity contribution in [2.24, 2.45) is 23.0 Å². The highest BCUT2D eigenvalue weighted by Crippen LogP contribution is 2.43. The minimum atomic E-state index is -4.80. The summed E-state index contributed by atoms with van der Waals surface area (Å²) in [6, 6.07) is 4.50. The number of carbonyl (C=O) groups excluding carboxylic acids is 3. The van der Waals surface area contributed by atoms with E-state index in [1.165, 1.54) is 16.8 Å². The van der Waals surface area contributed by atoms with E-state index in [1.807, 2.05) is 13.8 Å². The van der Waals surface area contributed by atoms with E-state index < -0.39 is 29.0 Å². The Hall–Kier alpha value is -3.61. The fourth-order valence-corrected chi connectivity index (χ4v) is 6.97. The number of ether oxygens (including phenoxy) is 2. The normalized spacial score (nSPS) is 26.7. The third kappa shape index (κ3) is 5.34. The zero-order valence-electron chi connectivity index (χ0n) is 23.5. The topological polar surface area (TPSA) is 129 Å². The fraction of sp³-hybridized carbons (Fsp3) is 0.586. The molecule has 10 nitrogen and oxygen atoms in total. The van der Waals surface area contributed by atoms with Gasteiger partial charge in [-0.1, -0.05) is 13.8 Å². The molecule has 2 saturated heterocycles. The van der Waals surface area contributed by atoms with Gasteiger partial charge in [-0.2, -0.15) is 18.3 Å². The summed E-state index contributed by atoms with van der Waals surface area (Å²) < 4.78 is 53.8. The number of nitrogens with two attached hydrogens (primary N) is 1. The molecule has 0 radical (unpaired) electrons. The quantitative estimate of drug-likeness (QED) is 0.535. The maximum atomic E-state index is 13.9. The standard InChI is InChI=1S/C29H34F3N5O5/c1-28(2)10-22-24(23(38)11-28)25(29(30,31)32)35-37(22)18-3-4-20(26(33)39)21(9-18)34-17-7-15-12-36(13-16(15)8-17)27(40)42-19-5-6-41-14-19/h3-4,9,15-17,19,34H,5-8,10-14H2,1-2H3,(H2,33,39)/t15-,16+,17?,19-/m0/s1. The number of aromatic nitrogens is 2. The Kier molecular flexibility index (Phi) is 6.98. The van der Waals surface area contributed by atoms with Gasteiger partial charge in [0.05, 0.1) is 35.7 Å². The van der Waals surface area contributed by atoms with Crippen LogP contribution >= 0.6 is 0 Å². The van der Waals surface area contributed by atoms with Crippen molar-refractivity contribution < 1.29 is 37.0 Å². The molecule has 1 unspecified atom stereocenters. The van der Waals surface area contributed by atoms with Crippen LogP contribution in [0, 0.1) is 17.3 Å². The van der Waals surface area contributed by atoms with Gasteiger partial charge in [-0.05, 0) is 54.7 Å². The maximum absolute atomic E-state index is 13.9. The van der Waals surface area contributed by atoms with Crippen LogP contribution in [-0.4, -0.2) is 70.9 Å². The monoisotopic (exact) mass is 589 g/mol. The molecule has 2 aliphatic carbocycles. The van der Waals surface area contributed by atoms with Gasteiger partial charge >= 0.3 is 12.3 Å². The number of rotatable bonds is 5. The second kappa shape index (κ2) is 10.3. The number of primary amides is 1. The van der Waals surface area contributed by atoms with Crippen molar-refractivity contribution in [2.75, 3.05) is 31.6 Å². The van der Waals surface area contributed by atoms with Crippen LogP contribution in [0.15, 0.2) is 18.2 Å². The molecule has 13 heteroatoms. The highest BCUT2D eigenvalue weighted by Gasteiger charge is 2.46. The number of likely N-dealkylation sites (tertiary alicyclic amines) is 1. The van der Waals surface area contributed by atoms with Gasteiger partial charge in [-0.3, -0.25) is 9.59 Å². The molecule has 4 atom stereocenters. The number of hydrogen-bond donors (Lipinski definition) is 2. The number of nitrogens with zero attached hydrogens (tertiary/aromatic N) is 3. The summed E-state index contributed by atoms with van der Waals surface area (Å²) in [4.78, 5) is 39.5. The second-order valence-corrected chi connectivity index (χ2v) is 12.7. The first kappa shape index (κ1) is 28.5. The Morgan fingerprint density at radius 1 is 1.17 bits per heavy atom. The smallest absolute Gasteiger partial charge is 0.435 e. The van der Waals surface area contributed by atoms with Crippen LogP contribution in [0.25, 0.3) is 5.69 Å². The Bertz CT molecular complexity index is 1420. The van der Waals surface area contributed by atoms with Crippen LogP contribution in [0.4, 0.5) is 23.7 Å². The van der Waals surface area contributed by atoms with Crippen LogP contribution in [0.2, 0.25) is 0 Å². The van der Waals surface area contributed by atoms with Crippen molar-refractivity contribution in [1.29, 1.82) is 0 Å².